The van der Waals surface area contributed by atoms with E-state index >= 15 is 0 Å². The Morgan fingerprint density at radius 2 is 1.88 bits per heavy atom. The summed E-state index contributed by atoms with van der Waals surface area (Å²) >= 11 is 0. The number of benzene rings is 1. The van der Waals surface area contributed by atoms with Crippen molar-refractivity contribution in [1.82, 2.24) is 9.78 Å². The molecule has 0 aliphatic heterocycles. The second kappa shape index (κ2) is 8.51. The molecule has 2 aliphatic rings. The molecule has 1 aromatic carbocycles. The zero-order valence-corrected chi connectivity index (χ0v) is 19.6. The Morgan fingerprint density at radius 1 is 1.16 bits per heavy atom. The van der Waals surface area contributed by atoms with Crippen molar-refractivity contribution in [2.45, 2.75) is 59.6 Å². The molecule has 2 saturated carbocycles. The van der Waals surface area contributed by atoms with Gasteiger partial charge in [0.15, 0.2) is 0 Å². The highest BCUT2D eigenvalue weighted by Crippen LogP contribution is 2.60. The number of carboxylic acids is 1. The molecule has 0 amide bonds. The molecule has 4 rings (SSSR count). The zero-order valence-electron chi connectivity index (χ0n) is 19.6. The van der Waals surface area contributed by atoms with Gasteiger partial charge in [-0.25, -0.2) is 4.79 Å². The van der Waals surface area contributed by atoms with Crippen molar-refractivity contribution in [1.29, 1.82) is 0 Å². The lowest BCUT2D eigenvalue weighted by Crippen LogP contribution is -2.55. The number of hydrogen-bond acceptors (Lipinski definition) is 3. The number of allylic oxidation sites excluding steroid dienone is 1. The minimum Gasteiger partial charge on any atom is -0.478 e. The molecule has 1 heterocycles. The van der Waals surface area contributed by atoms with Gasteiger partial charge >= 0.3 is 5.97 Å². The molecule has 0 saturated heterocycles. The van der Waals surface area contributed by atoms with Gasteiger partial charge in [-0.05, 0) is 77.5 Å². The van der Waals surface area contributed by atoms with E-state index in [0.717, 1.165) is 31.4 Å². The molecular formula is C27H36N2O3. The molecular weight excluding hydrogens is 400 g/mol. The predicted octanol–water partition coefficient (Wildman–Crippen LogP) is 5.37. The topological polar surface area (TPSA) is 75.3 Å². The average molecular weight is 437 g/mol. The number of rotatable bonds is 5. The van der Waals surface area contributed by atoms with E-state index in [4.69, 9.17) is 5.11 Å². The van der Waals surface area contributed by atoms with Crippen molar-refractivity contribution in [3.63, 3.8) is 0 Å². The molecule has 2 aromatic rings. The van der Waals surface area contributed by atoms with Crippen LogP contribution in [0.15, 0.2) is 48.8 Å². The number of fused-ring (bicyclic) bond motifs is 1. The Bertz CT molecular complexity index is 959. The highest BCUT2D eigenvalue weighted by Gasteiger charge is 2.55. The SMILES string of the molecule is CC1(C)CC(O)C(C)(C)C2CC(/C=C/c3ccc(C(=O)O)cc3)C(Cn3cccn3)CC21. The third-order valence-corrected chi connectivity index (χ3v) is 8.39. The van der Waals surface area contributed by atoms with Crippen LogP contribution in [0.25, 0.3) is 6.08 Å². The van der Waals surface area contributed by atoms with Crippen LogP contribution in [0.4, 0.5) is 0 Å². The molecule has 172 valence electrons. The maximum absolute atomic E-state index is 11.1. The van der Waals surface area contributed by atoms with E-state index in [0.29, 0.717) is 29.2 Å². The molecule has 5 nitrogen and oxygen atoms in total. The van der Waals surface area contributed by atoms with Gasteiger partial charge in [-0.1, -0.05) is 52.0 Å². The lowest BCUT2D eigenvalue weighted by atomic mass is 9.47. The monoisotopic (exact) mass is 436 g/mol. The van der Waals surface area contributed by atoms with Crippen LogP contribution in [0, 0.1) is 34.5 Å². The standard InChI is InChI=1S/C27H36N2O3/c1-26(2)16-24(30)27(3,4)23-14-20(11-8-18-6-9-19(10-7-18)25(31)32)21(15-22(23)26)17-29-13-5-12-28-29/h5-13,20-24,30H,14-17H2,1-4H3,(H,31,32)/b11-8+. The van der Waals surface area contributed by atoms with Crippen molar-refractivity contribution >= 4 is 12.0 Å². The summed E-state index contributed by atoms with van der Waals surface area (Å²) in [5.41, 5.74) is 1.33. The summed E-state index contributed by atoms with van der Waals surface area (Å²) in [5.74, 6) is 0.968. The van der Waals surface area contributed by atoms with Gasteiger partial charge in [-0.2, -0.15) is 5.10 Å². The third kappa shape index (κ3) is 4.40. The largest absolute Gasteiger partial charge is 0.478 e. The first-order chi connectivity index (χ1) is 15.1. The van der Waals surface area contributed by atoms with Crippen molar-refractivity contribution in [3.05, 3.63) is 59.9 Å². The summed E-state index contributed by atoms with van der Waals surface area (Å²) in [6.07, 6.45) is 11.1. The number of hydrogen-bond donors (Lipinski definition) is 2. The summed E-state index contributed by atoms with van der Waals surface area (Å²) < 4.78 is 2.04. The van der Waals surface area contributed by atoms with Gasteiger partial charge in [0.25, 0.3) is 0 Å². The van der Waals surface area contributed by atoms with Crippen molar-refractivity contribution < 1.29 is 15.0 Å². The molecule has 0 bridgehead atoms. The van der Waals surface area contributed by atoms with Crippen LogP contribution in [0.2, 0.25) is 0 Å². The van der Waals surface area contributed by atoms with Gasteiger partial charge in [-0.15, -0.1) is 0 Å². The zero-order chi connectivity index (χ0) is 23.1. The second-order valence-electron chi connectivity index (χ2n) is 11.2. The minimum absolute atomic E-state index is 0.105. The van der Waals surface area contributed by atoms with E-state index in [-0.39, 0.29) is 16.9 Å². The molecule has 32 heavy (non-hydrogen) atoms. The van der Waals surface area contributed by atoms with E-state index in [9.17, 15) is 9.90 Å². The number of aromatic carboxylic acids is 1. The Labute approximate surface area is 191 Å². The Hall–Kier alpha value is -2.40. The van der Waals surface area contributed by atoms with Gasteiger partial charge in [0.05, 0.1) is 11.7 Å². The molecule has 2 aliphatic carbocycles. The van der Waals surface area contributed by atoms with Gasteiger partial charge in [0, 0.05) is 18.9 Å². The molecule has 5 atom stereocenters. The van der Waals surface area contributed by atoms with Crippen LogP contribution in [0.5, 0.6) is 0 Å². The smallest absolute Gasteiger partial charge is 0.335 e. The van der Waals surface area contributed by atoms with Crippen LogP contribution in [0.3, 0.4) is 0 Å². The maximum Gasteiger partial charge on any atom is 0.335 e. The molecule has 5 unspecified atom stereocenters. The first-order valence-electron chi connectivity index (χ1n) is 11.7. The second-order valence-corrected chi connectivity index (χ2v) is 11.2. The highest BCUT2D eigenvalue weighted by atomic mass is 16.4. The van der Waals surface area contributed by atoms with Crippen LogP contribution in [-0.2, 0) is 6.54 Å². The normalized spacial score (nSPS) is 31.3. The predicted molar refractivity (Wildman–Crippen MR) is 126 cm³/mol. The van der Waals surface area contributed by atoms with Crippen LogP contribution in [0.1, 0.15) is 62.9 Å². The molecule has 1 aromatic heterocycles. The lowest BCUT2D eigenvalue weighted by Gasteiger charge is -2.59. The highest BCUT2D eigenvalue weighted by molar-refractivity contribution is 5.87. The first-order valence-corrected chi connectivity index (χ1v) is 11.7. The number of aliphatic hydroxyl groups is 1. The minimum atomic E-state index is -0.904. The Kier molecular flexibility index (Phi) is 6.06. The molecule has 0 radical (unpaired) electrons. The van der Waals surface area contributed by atoms with Crippen LogP contribution in [-0.4, -0.2) is 32.1 Å². The average Bonchev–Trinajstić information content (AvgIpc) is 3.24. The first kappa shape index (κ1) is 22.8. The quantitative estimate of drug-likeness (QED) is 0.661. The number of nitrogens with zero attached hydrogens (tertiary/aromatic N) is 2. The van der Waals surface area contributed by atoms with E-state index in [1.165, 1.54) is 0 Å². The fraction of sp³-hybridized carbons (Fsp3) is 0.556. The third-order valence-electron chi connectivity index (χ3n) is 8.39. The van der Waals surface area contributed by atoms with E-state index in [1.54, 1.807) is 12.1 Å². The summed E-state index contributed by atoms with van der Waals surface area (Å²) in [5, 5.41) is 24.6. The van der Waals surface area contributed by atoms with Gasteiger partial charge < -0.3 is 10.2 Å². The molecule has 2 fully saturated rings. The Balaban J connectivity index is 1.62. The fourth-order valence-electron chi connectivity index (χ4n) is 6.23. The Morgan fingerprint density at radius 3 is 2.50 bits per heavy atom. The number of carbonyl (C=O) groups is 1. The lowest BCUT2D eigenvalue weighted by molar-refractivity contribution is -0.143. The number of aliphatic hydroxyl groups excluding tert-OH is 1. The van der Waals surface area contributed by atoms with Crippen molar-refractivity contribution in [3.8, 4) is 0 Å². The van der Waals surface area contributed by atoms with E-state index in [2.05, 4.69) is 44.9 Å². The fourth-order valence-corrected chi connectivity index (χ4v) is 6.23. The van der Waals surface area contributed by atoms with Crippen molar-refractivity contribution in [2.75, 3.05) is 0 Å². The summed E-state index contributed by atoms with van der Waals surface area (Å²) in [7, 11) is 0. The molecule has 0 spiro atoms. The van der Waals surface area contributed by atoms with E-state index in [1.807, 2.05) is 35.3 Å². The van der Waals surface area contributed by atoms with Gasteiger partial charge in [0.1, 0.15) is 0 Å². The van der Waals surface area contributed by atoms with Crippen LogP contribution >= 0.6 is 0 Å². The molecule has 2 N–H and O–H groups in total. The van der Waals surface area contributed by atoms with Crippen LogP contribution < -0.4 is 0 Å². The summed E-state index contributed by atoms with van der Waals surface area (Å²) in [6, 6.07) is 9.02. The van der Waals surface area contributed by atoms with Gasteiger partial charge in [0.2, 0.25) is 0 Å². The van der Waals surface area contributed by atoms with Gasteiger partial charge in [-0.3, -0.25) is 4.68 Å². The van der Waals surface area contributed by atoms with Crippen molar-refractivity contribution in [2.24, 2.45) is 34.5 Å². The maximum atomic E-state index is 11.1. The number of aromatic nitrogens is 2. The summed E-state index contributed by atoms with van der Waals surface area (Å²) in [4.78, 5) is 11.1. The summed E-state index contributed by atoms with van der Waals surface area (Å²) in [6.45, 7) is 10.0. The molecule has 5 heteroatoms. The number of carboxylic acid groups (broad SMARTS) is 1. The van der Waals surface area contributed by atoms with E-state index < -0.39 is 5.97 Å².